The van der Waals surface area contributed by atoms with E-state index in [9.17, 15) is 13.6 Å². The van der Waals surface area contributed by atoms with Crippen molar-refractivity contribution in [1.29, 1.82) is 0 Å². The summed E-state index contributed by atoms with van der Waals surface area (Å²) in [5.74, 6) is -2.42. The second-order valence-electron chi connectivity index (χ2n) is 4.23. The molecule has 3 nitrogen and oxygen atoms in total. The summed E-state index contributed by atoms with van der Waals surface area (Å²) in [5, 5.41) is 5.76. The molecule has 2 rings (SSSR count). The maximum absolute atomic E-state index is 13.7. The van der Waals surface area contributed by atoms with Crippen LogP contribution < -0.4 is 10.6 Å². The molecule has 1 amide bonds. The molecule has 1 aliphatic heterocycles. The number of hydrogen-bond donors (Lipinski definition) is 2. The summed E-state index contributed by atoms with van der Waals surface area (Å²) in [7, 11) is 0. The first-order valence-corrected chi connectivity index (χ1v) is 6.54. The highest BCUT2D eigenvalue weighted by molar-refractivity contribution is 9.10. The fourth-order valence-electron chi connectivity index (χ4n) is 1.97. The predicted octanol–water partition coefficient (Wildman–Crippen LogP) is 2.21. The average molecular weight is 319 g/mol. The van der Waals surface area contributed by atoms with E-state index in [4.69, 9.17) is 0 Å². The van der Waals surface area contributed by atoms with Crippen LogP contribution in [0.25, 0.3) is 0 Å². The fraction of sp³-hybridized carbons (Fsp3) is 0.417. The second-order valence-corrected chi connectivity index (χ2v) is 5.09. The third-order valence-electron chi connectivity index (χ3n) is 2.90. The third-order valence-corrected chi connectivity index (χ3v) is 3.52. The normalized spacial score (nSPS) is 19.6. The molecule has 0 spiro atoms. The topological polar surface area (TPSA) is 41.1 Å². The van der Waals surface area contributed by atoms with E-state index >= 15 is 0 Å². The van der Waals surface area contributed by atoms with Crippen LogP contribution in [0.1, 0.15) is 23.2 Å². The molecule has 1 unspecified atom stereocenters. The van der Waals surface area contributed by atoms with Gasteiger partial charge in [-0.1, -0.05) is 0 Å². The van der Waals surface area contributed by atoms with Crippen LogP contribution in [0.2, 0.25) is 0 Å². The molecule has 1 aromatic rings. The molecule has 2 N–H and O–H groups in total. The summed E-state index contributed by atoms with van der Waals surface area (Å²) in [6.07, 6.45) is 1.75. The zero-order valence-electron chi connectivity index (χ0n) is 9.60. The van der Waals surface area contributed by atoms with Crippen molar-refractivity contribution in [2.24, 2.45) is 0 Å². The van der Waals surface area contributed by atoms with E-state index in [-0.39, 0.29) is 10.5 Å². The van der Waals surface area contributed by atoms with Crippen molar-refractivity contribution in [1.82, 2.24) is 10.6 Å². The summed E-state index contributed by atoms with van der Waals surface area (Å²) >= 11 is 2.94. The summed E-state index contributed by atoms with van der Waals surface area (Å²) in [4.78, 5) is 11.9. The largest absolute Gasteiger partial charge is 0.348 e. The third kappa shape index (κ3) is 2.87. The Kier molecular flexibility index (Phi) is 4.29. The number of benzene rings is 1. The molecule has 1 atom stereocenters. The molecule has 0 aliphatic carbocycles. The van der Waals surface area contributed by atoms with Gasteiger partial charge in [0.1, 0.15) is 11.4 Å². The van der Waals surface area contributed by atoms with E-state index in [1.165, 1.54) is 6.07 Å². The van der Waals surface area contributed by atoms with E-state index in [1.807, 2.05) is 0 Å². The molecule has 6 heteroatoms. The molecular weight excluding hydrogens is 306 g/mol. The van der Waals surface area contributed by atoms with Crippen molar-refractivity contribution in [3.8, 4) is 0 Å². The minimum Gasteiger partial charge on any atom is -0.348 e. The van der Waals surface area contributed by atoms with Gasteiger partial charge in [0.05, 0.1) is 4.47 Å². The molecule has 0 aromatic heterocycles. The van der Waals surface area contributed by atoms with Crippen LogP contribution in [0.15, 0.2) is 16.6 Å². The van der Waals surface area contributed by atoms with Gasteiger partial charge in [0.25, 0.3) is 5.91 Å². The molecule has 0 radical (unpaired) electrons. The number of amides is 1. The molecule has 1 fully saturated rings. The zero-order valence-corrected chi connectivity index (χ0v) is 11.2. The van der Waals surface area contributed by atoms with Crippen molar-refractivity contribution in [2.45, 2.75) is 18.9 Å². The molecule has 1 aliphatic rings. The molecule has 18 heavy (non-hydrogen) atoms. The molecule has 98 valence electrons. The van der Waals surface area contributed by atoms with Gasteiger partial charge >= 0.3 is 0 Å². The van der Waals surface area contributed by atoms with Gasteiger partial charge in [-0.2, -0.15) is 0 Å². The van der Waals surface area contributed by atoms with E-state index in [1.54, 1.807) is 0 Å². The molecule has 1 aromatic carbocycles. The second kappa shape index (κ2) is 5.75. The molecule has 0 saturated carbocycles. The summed E-state index contributed by atoms with van der Waals surface area (Å²) in [6.45, 7) is 1.54. The SMILES string of the molecule is O=C(NC1CCCNC1)c1c(F)ccc(Br)c1F. The van der Waals surface area contributed by atoms with Crippen LogP contribution in [-0.4, -0.2) is 25.0 Å². The van der Waals surface area contributed by atoms with E-state index in [0.29, 0.717) is 6.54 Å². The van der Waals surface area contributed by atoms with Crippen molar-refractivity contribution in [2.75, 3.05) is 13.1 Å². The van der Waals surface area contributed by atoms with Crippen LogP contribution in [0.4, 0.5) is 8.78 Å². The summed E-state index contributed by atoms with van der Waals surface area (Å²) < 4.78 is 27.3. The Morgan fingerprint density at radius 2 is 2.22 bits per heavy atom. The maximum Gasteiger partial charge on any atom is 0.257 e. The minimum absolute atomic E-state index is 0.0795. The first-order valence-electron chi connectivity index (χ1n) is 5.74. The number of carbonyl (C=O) groups excluding carboxylic acids is 1. The van der Waals surface area contributed by atoms with Gasteiger partial charge in [0.15, 0.2) is 5.82 Å². The number of nitrogens with one attached hydrogen (secondary N) is 2. The highest BCUT2D eigenvalue weighted by Gasteiger charge is 2.23. The number of halogens is 3. The van der Waals surface area contributed by atoms with Gasteiger partial charge in [0, 0.05) is 12.6 Å². The minimum atomic E-state index is -0.865. The summed E-state index contributed by atoms with van der Waals surface area (Å²) in [6, 6.07) is 2.23. The highest BCUT2D eigenvalue weighted by Crippen LogP contribution is 2.21. The van der Waals surface area contributed by atoms with Crippen LogP contribution >= 0.6 is 15.9 Å². The number of hydrogen-bond acceptors (Lipinski definition) is 2. The summed E-state index contributed by atoms with van der Waals surface area (Å²) in [5.41, 5.74) is -0.532. The lowest BCUT2D eigenvalue weighted by Crippen LogP contribution is -2.46. The van der Waals surface area contributed by atoms with Crippen molar-refractivity contribution in [3.63, 3.8) is 0 Å². The highest BCUT2D eigenvalue weighted by atomic mass is 79.9. The number of carbonyl (C=O) groups is 1. The van der Waals surface area contributed by atoms with E-state index in [2.05, 4.69) is 26.6 Å². The van der Waals surface area contributed by atoms with E-state index < -0.39 is 23.1 Å². The molecule has 1 heterocycles. The van der Waals surface area contributed by atoms with Gasteiger partial charge in [0.2, 0.25) is 0 Å². The van der Waals surface area contributed by atoms with Crippen LogP contribution in [0, 0.1) is 11.6 Å². The standard InChI is InChI=1S/C12H13BrF2N2O/c13-8-3-4-9(14)10(11(8)15)12(18)17-7-2-1-5-16-6-7/h3-4,7,16H,1-2,5-6H2,(H,17,18). The Hall–Kier alpha value is -1.01. The lowest BCUT2D eigenvalue weighted by atomic mass is 10.1. The van der Waals surface area contributed by atoms with E-state index in [0.717, 1.165) is 25.5 Å². The van der Waals surface area contributed by atoms with Crippen LogP contribution in [0.5, 0.6) is 0 Å². The first kappa shape index (κ1) is 13.4. The lowest BCUT2D eigenvalue weighted by Gasteiger charge is -2.24. The van der Waals surface area contributed by atoms with Gasteiger partial charge in [-0.05, 0) is 47.4 Å². The van der Waals surface area contributed by atoms with Crippen molar-refractivity contribution < 1.29 is 13.6 Å². The number of piperidine rings is 1. The lowest BCUT2D eigenvalue weighted by molar-refractivity contribution is 0.0922. The average Bonchev–Trinajstić information content (AvgIpc) is 2.36. The Morgan fingerprint density at radius 1 is 1.44 bits per heavy atom. The van der Waals surface area contributed by atoms with Gasteiger partial charge in [-0.15, -0.1) is 0 Å². The van der Waals surface area contributed by atoms with Crippen LogP contribution in [-0.2, 0) is 0 Å². The zero-order chi connectivity index (χ0) is 13.1. The first-order chi connectivity index (χ1) is 8.59. The Balaban J connectivity index is 2.15. The van der Waals surface area contributed by atoms with Gasteiger partial charge < -0.3 is 10.6 Å². The number of rotatable bonds is 2. The van der Waals surface area contributed by atoms with Gasteiger partial charge in [-0.3, -0.25) is 4.79 Å². The predicted molar refractivity (Wildman–Crippen MR) is 67.4 cm³/mol. The fourth-order valence-corrected chi connectivity index (χ4v) is 2.30. The van der Waals surface area contributed by atoms with Crippen LogP contribution in [0.3, 0.4) is 0 Å². The Morgan fingerprint density at radius 3 is 2.89 bits per heavy atom. The Labute approximate surface area is 112 Å². The quantitative estimate of drug-likeness (QED) is 0.821. The molecule has 0 bridgehead atoms. The Bertz CT molecular complexity index is 462. The molecule has 1 saturated heterocycles. The van der Waals surface area contributed by atoms with Gasteiger partial charge in [-0.25, -0.2) is 8.78 Å². The van der Waals surface area contributed by atoms with Crippen molar-refractivity contribution >= 4 is 21.8 Å². The van der Waals surface area contributed by atoms with Crippen molar-refractivity contribution in [3.05, 3.63) is 33.8 Å². The monoisotopic (exact) mass is 318 g/mol. The molecular formula is C12H13BrF2N2O. The smallest absolute Gasteiger partial charge is 0.257 e. The maximum atomic E-state index is 13.7.